The van der Waals surface area contributed by atoms with Crippen molar-refractivity contribution in [2.45, 2.75) is 57.3 Å². The summed E-state index contributed by atoms with van der Waals surface area (Å²) in [6.45, 7) is 4.76. The van der Waals surface area contributed by atoms with Crippen LogP contribution in [0.15, 0.2) is 30.3 Å². The Balaban J connectivity index is 1.63. The monoisotopic (exact) mass is 301 g/mol. The summed E-state index contributed by atoms with van der Waals surface area (Å²) in [4.78, 5) is 16.9. The summed E-state index contributed by atoms with van der Waals surface area (Å²) in [5.74, 6) is 0.120. The van der Waals surface area contributed by atoms with Gasteiger partial charge in [0, 0.05) is 25.2 Å². The van der Waals surface area contributed by atoms with E-state index < -0.39 is 0 Å². The minimum absolute atomic E-state index is 0.120. The molecule has 0 aromatic heterocycles. The van der Waals surface area contributed by atoms with Gasteiger partial charge in [-0.15, -0.1) is 0 Å². The van der Waals surface area contributed by atoms with E-state index in [1.807, 2.05) is 0 Å². The van der Waals surface area contributed by atoms with E-state index in [0.29, 0.717) is 12.1 Å². The lowest BCUT2D eigenvalue weighted by Crippen LogP contribution is -2.49. The van der Waals surface area contributed by atoms with Crippen LogP contribution in [0.4, 0.5) is 0 Å². The Morgan fingerprint density at radius 1 is 1.32 bits per heavy atom. The summed E-state index contributed by atoms with van der Waals surface area (Å²) in [5, 5.41) is 0. The number of hydrogen-bond donors (Lipinski definition) is 1. The quantitative estimate of drug-likeness (QED) is 0.874. The Morgan fingerprint density at radius 3 is 2.68 bits per heavy atom. The van der Waals surface area contributed by atoms with Gasteiger partial charge in [-0.3, -0.25) is 9.69 Å². The minimum atomic E-state index is -0.385. The lowest BCUT2D eigenvalue weighted by molar-refractivity contribution is -0.133. The number of nitrogens with zero attached hydrogens (tertiary/aromatic N) is 2. The van der Waals surface area contributed by atoms with Crippen LogP contribution in [0.5, 0.6) is 0 Å². The van der Waals surface area contributed by atoms with Crippen LogP contribution in [-0.2, 0) is 11.3 Å². The molecule has 2 atom stereocenters. The number of carbonyl (C=O) groups excluding carboxylic acids is 1. The summed E-state index contributed by atoms with van der Waals surface area (Å²) in [6.07, 6.45) is 4.69. The molecule has 1 amide bonds. The number of likely N-dealkylation sites (tertiary alicyclic amines) is 1. The number of benzene rings is 1. The van der Waals surface area contributed by atoms with E-state index in [-0.39, 0.29) is 11.9 Å². The van der Waals surface area contributed by atoms with Crippen molar-refractivity contribution in [2.24, 2.45) is 5.73 Å². The second-order valence-electron chi connectivity index (χ2n) is 6.76. The number of rotatable bonds is 6. The smallest absolute Gasteiger partial charge is 0.239 e. The fraction of sp³-hybridized carbons (Fsp3) is 0.611. The van der Waals surface area contributed by atoms with E-state index in [1.54, 1.807) is 6.92 Å². The number of hydrogen-bond acceptors (Lipinski definition) is 3. The van der Waals surface area contributed by atoms with E-state index in [0.717, 1.165) is 32.5 Å². The largest absolute Gasteiger partial charge is 0.337 e. The molecule has 3 rings (SSSR count). The molecule has 1 saturated heterocycles. The third kappa shape index (κ3) is 3.68. The standard InChI is InChI=1S/C18H27N3O/c1-14(19)18(22)21(16-9-10-16)13-17-8-5-11-20(17)12-15-6-3-2-4-7-15/h2-4,6-7,14,16-17H,5,8-13,19H2,1H3/t14-,17?/m0/s1. The highest BCUT2D eigenvalue weighted by atomic mass is 16.2. The van der Waals surface area contributed by atoms with Crippen molar-refractivity contribution in [1.29, 1.82) is 0 Å². The second kappa shape index (κ2) is 6.80. The van der Waals surface area contributed by atoms with Gasteiger partial charge in [0.25, 0.3) is 0 Å². The first kappa shape index (κ1) is 15.5. The van der Waals surface area contributed by atoms with Gasteiger partial charge in [0.2, 0.25) is 5.91 Å². The lowest BCUT2D eigenvalue weighted by atomic mass is 10.1. The van der Waals surface area contributed by atoms with Gasteiger partial charge < -0.3 is 10.6 Å². The molecule has 1 aliphatic heterocycles. The summed E-state index contributed by atoms with van der Waals surface area (Å²) < 4.78 is 0. The third-order valence-electron chi connectivity index (χ3n) is 4.80. The molecule has 0 spiro atoms. The summed E-state index contributed by atoms with van der Waals surface area (Å²) in [6, 6.07) is 11.1. The van der Waals surface area contributed by atoms with Crippen LogP contribution in [0.1, 0.15) is 38.2 Å². The van der Waals surface area contributed by atoms with Gasteiger partial charge in [0.15, 0.2) is 0 Å². The van der Waals surface area contributed by atoms with Gasteiger partial charge in [0.05, 0.1) is 6.04 Å². The van der Waals surface area contributed by atoms with E-state index in [4.69, 9.17) is 5.73 Å². The number of amides is 1. The summed E-state index contributed by atoms with van der Waals surface area (Å²) >= 11 is 0. The SMILES string of the molecule is C[C@H](N)C(=O)N(CC1CCCN1Cc1ccccc1)C1CC1. The highest BCUT2D eigenvalue weighted by Crippen LogP contribution is 2.30. The lowest BCUT2D eigenvalue weighted by Gasteiger charge is -2.32. The average Bonchev–Trinajstić information content (AvgIpc) is 3.27. The molecule has 4 nitrogen and oxygen atoms in total. The Labute approximate surface area is 133 Å². The van der Waals surface area contributed by atoms with Gasteiger partial charge in [-0.05, 0) is 44.7 Å². The van der Waals surface area contributed by atoms with Crippen LogP contribution in [0.25, 0.3) is 0 Å². The third-order valence-corrected chi connectivity index (χ3v) is 4.80. The molecule has 4 heteroatoms. The molecule has 1 aliphatic carbocycles. The zero-order valence-electron chi connectivity index (χ0n) is 13.4. The van der Waals surface area contributed by atoms with Crippen LogP contribution in [0.2, 0.25) is 0 Å². The molecule has 2 aliphatic rings. The highest BCUT2D eigenvalue weighted by molar-refractivity contribution is 5.81. The first-order valence-corrected chi connectivity index (χ1v) is 8.49. The average molecular weight is 301 g/mol. The zero-order valence-corrected chi connectivity index (χ0v) is 13.4. The fourth-order valence-electron chi connectivity index (χ4n) is 3.42. The molecule has 22 heavy (non-hydrogen) atoms. The van der Waals surface area contributed by atoms with Crippen LogP contribution >= 0.6 is 0 Å². The molecule has 1 unspecified atom stereocenters. The van der Waals surface area contributed by atoms with Crippen LogP contribution in [-0.4, -0.2) is 46.9 Å². The molecule has 2 fully saturated rings. The van der Waals surface area contributed by atoms with E-state index in [2.05, 4.69) is 40.1 Å². The first-order chi connectivity index (χ1) is 10.6. The molecule has 120 valence electrons. The number of carbonyl (C=O) groups is 1. The van der Waals surface area contributed by atoms with Crippen LogP contribution in [0, 0.1) is 0 Å². The van der Waals surface area contributed by atoms with Gasteiger partial charge in [-0.25, -0.2) is 0 Å². The molecule has 2 N–H and O–H groups in total. The van der Waals surface area contributed by atoms with Gasteiger partial charge in [0.1, 0.15) is 0 Å². The molecule has 1 heterocycles. The Morgan fingerprint density at radius 2 is 2.05 bits per heavy atom. The Kier molecular flexibility index (Phi) is 4.79. The topological polar surface area (TPSA) is 49.6 Å². The van der Waals surface area contributed by atoms with Gasteiger partial charge in [-0.1, -0.05) is 30.3 Å². The highest BCUT2D eigenvalue weighted by Gasteiger charge is 2.37. The molecule has 1 aromatic carbocycles. The predicted molar refractivity (Wildman–Crippen MR) is 88.3 cm³/mol. The van der Waals surface area contributed by atoms with Crippen molar-refractivity contribution in [1.82, 2.24) is 9.80 Å². The first-order valence-electron chi connectivity index (χ1n) is 8.49. The maximum atomic E-state index is 12.4. The Hall–Kier alpha value is -1.39. The predicted octanol–water partition coefficient (Wildman–Crippen LogP) is 1.99. The van der Waals surface area contributed by atoms with Gasteiger partial charge >= 0.3 is 0 Å². The van der Waals surface area contributed by atoms with Crippen molar-refractivity contribution in [2.75, 3.05) is 13.1 Å². The van der Waals surface area contributed by atoms with E-state index >= 15 is 0 Å². The van der Waals surface area contributed by atoms with Crippen LogP contribution in [0.3, 0.4) is 0 Å². The molecular formula is C18H27N3O. The molecule has 0 bridgehead atoms. The normalized spacial score (nSPS) is 23.5. The van der Waals surface area contributed by atoms with Crippen molar-refractivity contribution >= 4 is 5.91 Å². The van der Waals surface area contributed by atoms with Crippen LogP contribution < -0.4 is 5.73 Å². The maximum absolute atomic E-state index is 12.4. The minimum Gasteiger partial charge on any atom is -0.337 e. The maximum Gasteiger partial charge on any atom is 0.239 e. The molecule has 1 saturated carbocycles. The zero-order chi connectivity index (χ0) is 15.5. The number of nitrogens with two attached hydrogens (primary N) is 1. The van der Waals surface area contributed by atoms with Crippen molar-refractivity contribution in [3.8, 4) is 0 Å². The van der Waals surface area contributed by atoms with Crippen molar-refractivity contribution < 1.29 is 4.79 Å². The van der Waals surface area contributed by atoms with Crippen molar-refractivity contribution in [3.63, 3.8) is 0 Å². The summed E-state index contributed by atoms with van der Waals surface area (Å²) in [7, 11) is 0. The Bertz CT molecular complexity index is 498. The molecule has 1 aromatic rings. The van der Waals surface area contributed by atoms with Crippen molar-refractivity contribution in [3.05, 3.63) is 35.9 Å². The molecular weight excluding hydrogens is 274 g/mol. The van der Waals surface area contributed by atoms with E-state index in [1.165, 1.54) is 18.4 Å². The molecule has 0 radical (unpaired) electrons. The summed E-state index contributed by atoms with van der Waals surface area (Å²) in [5.41, 5.74) is 7.18. The second-order valence-corrected chi connectivity index (χ2v) is 6.76. The fourth-order valence-corrected chi connectivity index (χ4v) is 3.42. The van der Waals surface area contributed by atoms with Gasteiger partial charge in [-0.2, -0.15) is 0 Å². The van der Waals surface area contributed by atoms with E-state index in [9.17, 15) is 4.79 Å².